The van der Waals surface area contributed by atoms with Gasteiger partial charge < -0.3 is 14.6 Å². The van der Waals surface area contributed by atoms with Crippen LogP contribution in [0, 0.1) is 0 Å². The van der Waals surface area contributed by atoms with E-state index in [1.54, 1.807) is 6.07 Å². The van der Waals surface area contributed by atoms with Gasteiger partial charge in [0.05, 0.1) is 18.4 Å². The first-order valence-corrected chi connectivity index (χ1v) is 4.74. The van der Waals surface area contributed by atoms with Crippen molar-refractivity contribution in [1.82, 2.24) is 9.88 Å². The monoisotopic (exact) mass is 208 g/mol. The number of methoxy groups -OCH3 is 1. The number of carbonyl (C=O) groups is 2. The fourth-order valence-corrected chi connectivity index (χ4v) is 1.85. The van der Waals surface area contributed by atoms with E-state index in [0.29, 0.717) is 24.3 Å². The van der Waals surface area contributed by atoms with E-state index in [1.807, 2.05) is 4.57 Å². The summed E-state index contributed by atoms with van der Waals surface area (Å²) < 4.78 is 6.52. The molecule has 2 rings (SSSR count). The molecule has 1 aromatic rings. The van der Waals surface area contributed by atoms with E-state index in [1.165, 1.54) is 7.11 Å². The first kappa shape index (κ1) is 9.92. The van der Waals surface area contributed by atoms with Gasteiger partial charge >= 0.3 is 5.97 Å². The number of aldehydes is 1. The molecule has 0 spiro atoms. The minimum Gasteiger partial charge on any atom is -0.465 e. The third-order valence-corrected chi connectivity index (χ3v) is 2.57. The van der Waals surface area contributed by atoms with Gasteiger partial charge in [-0.3, -0.25) is 4.79 Å². The third-order valence-electron chi connectivity index (χ3n) is 2.57. The van der Waals surface area contributed by atoms with E-state index < -0.39 is 5.97 Å². The van der Waals surface area contributed by atoms with Crippen molar-refractivity contribution in [2.24, 2.45) is 0 Å². The number of fused-ring (bicyclic) bond motifs is 1. The molecule has 80 valence electrons. The Morgan fingerprint density at radius 2 is 2.47 bits per heavy atom. The SMILES string of the molecule is COC(=O)c1cc(C=O)n2c1CNCC2. The smallest absolute Gasteiger partial charge is 0.339 e. The van der Waals surface area contributed by atoms with Crippen molar-refractivity contribution >= 4 is 12.3 Å². The summed E-state index contributed by atoms with van der Waals surface area (Å²) in [5, 5.41) is 3.15. The molecular formula is C10H12N2O3. The van der Waals surface area contributed by atoms with Gasteiger partial charge in [0.25, 0.3) is 0 Å². The first-order valence-electron chi connectivity index (χ1n) is 4.74. The van der Waals surface area contributed by atoms with Crippen molar-refractivity contribution in [1.29, 1.82) is 0 Å². The van der Waals surface area contributed by atoms with Crippen molar-refractivity contribution in [2.75, 3.05) is 13.7 Å². The molecular weight excluding hydrogens is 196 g/mol. The topological polar surface area (TPSA) is 60.3 Å². The Labute approximate surface area is 87.0 Å². The van der Waals surface area contributed by atoms with Gasteiger partial charge in [0.2, 0.25) is 0 Å². The molecule has 1 aliphatic rings. The number of hydrogen-bond acceptors (Lipinski definition) is 4. The Morgan fingerprint density at radius 1 is 1.67 bits per heavy atom. The second-order valence-electron chi connectivity index (χ2n) is 3.37. The summed E-state index contributed by atoms with van der Waals surface area (Å²) in [4.78, 5) is 22.2. The van der Waals surface area contributed by atoms with E-state index in [9.17, 15) is 9.59 Å². The van der Waals surface area contributed by atoms with E-state index in [2.05, 4.69) is 10.1 Å². The Bertz CT molecular complexity index is 409. The lowest BCUT2D eigenvalue weighted by molar-refractivity contribution is 0.0598. The van der Waals surface area contributed by atoms with Crippen LogP contribution in [-0.4, -0.2) is 30.5 Å². The van der Waals surface area contributed by atoms with E-state index in [-0.39, 0.29) is 0 Å². The first-order chi connectivity index (χ1) is 7.27. The van der Waals surface area contributed by atoms with Gasteiger partial charge in [-0.15, -0.1) is 0 Å². The molecule has 1 aliphatic heterocycles. The summed E-state index contributed by atoms with van der Waals surface area (Å²) in [5.41, 5.74) is 1.84. The second-order valence-corrected chi connectivity index (χ2v) is 3.37. The van der Waals surface area contributed by atoms with Crippen molar-refractivity contribution in [3.05, 3.63) is 23.0 Å². The summed E-state index contributed by atoms with van der Waals surface area (Å²) in [7, 11) is 1.34. The van der Waals surface area contributed by atoms with Gasteiger partial charge in [0.1, 0.15) is 0 Å². The van der Waals surface area contributed by atoms with Crippen LogP contribution in [0.1, 0.15) is 26.5 Å². The van der Waals surface area contributed by atoms with Crippen molar-refractivity contribution in [3.63, 3.8) is 0 Å². The van der Waals surface area contributed by atoms with Gasteiger partial charge in [-0.1, -0.05) is 0 Å². The van der Waals surface area contributed by atoms with Crippen LogP contribution in [0.15, 0.2) is 6.07 Å². The molecule has 0 saturated carbocycles. The number of nitrogens with zero attached hydrogens (tertiary/aromatic N) is 1. The molecule has 1 N–H and O–H groups in total. The molecule has 1 aromatic heterocycles. The molecule has 0 aromatic carbocycles. The highest BCUT2D eigenvalue weighted by molar-refractivity contribution is 5.93. The summed E-state index contributed by atoms with van der Waals surface area (Å²) in [6.07, 6.45) is 0.765. The molecule has 0 radical (unpaired) electrons. The number of nitrogens with one attached hydrogen (secondary N) is 1. The highest BCUT2D eigenvalue weighted by Crippen LogP contribution is 2.18. The van der Waals surface area contributed by atoms with Crippen molar-refractivity contribution in [3.8, 4) is 0 Å². The summed E-state index contributed by atoms with van der Waals surface area (Å²) in [6, 6.07) is 1.58. The van der Waals surface area contributed by atoms with E-state index in [0.717, 1.165) is 18.5 Å². The molecule has 0 aliphatic carbocycles. The molecule has 0 fully saturated rings. The van der Waals surface area contributed by atoms with Crippen LogP contribution in [0.3, 0.4) is 0 Å². The maximum absolute atomic E-state index is 11.4. The number of ether oxygens (including phenoxy) is 1. The number of carbonyl (C=O) groups excluding carboxylic acids is 2. The average Bonchev–Trinajstić information content (AvgIpc) is 2.67. The molecule has 5 heteroatoms. The van der Waals surface area contributed by atoms with Gasteiger partial charge in [-0.05, 0) is 6.07 Å². The average molecular weight is 208 g/mol. The van der Waals surface area contributed by atoms with Crippen LogP contribution in [0.4, 0.5) is 0 Å². The maximum Gasteiger partial charge on any atom is 0.339 e. The molecule has 2 heterocycles. The fraction of sp³-hybridized carbons (Fsp3) is 0.400. The quantitative estimate of drug-likeness (QED) is 0.556. The molecule has 0 atom stereocenters. The minimum atomic E-state index is -0.393. The van der Waals surface area contributed by atoms with Crippen LogP contribution >= 0.6 is 0 Å². The molecule has 0 amide bonds. The Balaban J connectivity index is 2.51. The Hall–Kier alpha value is -1.62. The maximum atomic E-state index is 11.4. The van der Waals surface area contributed by atoms with Crippen molar-refractivity contribution in [2.45, 2.75) is 13.1 Å². The highest BCUT2D eigenvalue weighted by atomic mass is 16.5. The third kappa shape index (κ3) is 1.55. The van der Waals surface area contributed by atoms with Crippen LogP contribution in [0.2, 0.25) is 0 Å². The lowest BCUT2D eigenvalue weighted by Crippen LogP contribution is -2.29. The van der Waals surface area contributed by atoms with Gasteiger partial charge in [-0.25, -0.2) is 4.79 Å². The van der Waals surface area contributed by atoms with Crippen LogP contribution < -0.4 is 5.32 Å². The molecule has 0 unspecified atom stereocenters. The van der Waals surface area contributed by atoms with Gasteiger partial charge in [-0.2, -0.15) is 0 Å². The largest absolute Gasteiger partial charge is 0.465 e. The zero-order valence-electron chi connectivity index (χ0n) is 8.45. The van der Waals surface area contributed by atoms with Crippen LogP contribution in [0.5, 0.6) is 0 Å². The second kappa shape index (κ2) is 3.86. The molecule has 5 nitrogen and oxygen atoms in total. The summed E-state index contributed by atoms with van der Waals surface area (Å²) in [5.74, 6) is -0.393. The number of rotatable bonds is 2. The van der Waals surface area contributed by atoms with Gasteiger partial charge in [0.15, 0.2) is 6.29 Å². The van der Waals surface area contributed by atoms with E-state index >= 15 is 0 Å². The lowest BCUT2D eigenvalue weighted by atomic mass is 10.2. The zero-order chi connectivity index (χ0) is 10.8. The highest BCUT2D eigenvalue weighted by Gasteiger charge is 2.22. The Kier molecular flexibility index (Phi) is 2.55. The number of esters is 1. The predicted octanol–water partition coefficient (Wildman–Crippen LogP) is 0.190. The minimum absolute atomic E-state index is 0.393. The standard InChI is InChI=1S/C10H12N2O3/c1-15-10(14)8-4-7(6-13)12-3-2-11-5-9(8)12/h4,6,11H,2-3,5H2,1H3. The Morgan fingerprint density at radius 3 is 3.13 bits per heavy atom. The van der Waals surface area contributed by atoms with Crippen LogP contribution in [-0.2, 0) is 17.8 Å². The molecule has 0 saturated heterocycles. The normalized spacial score (nSPS) is 14.5. The molecule has 15 heavy (non-hydrogen) atoms. The summed E-state index contributed by atoms with van der Waals surface area (Å²) >= 11 is 0. The van der Waals surface area contributed by atoms with E-state index in [4.69, 9.17) is 0 Å². The predicted molar refractivity (Wildman–Crippen MR) is 52.9 cm³/mol. The fourth-order valence-electron chi connectivity index (χ4n) is 1.85. The summed E-state index contributed by atoms with van der Waals surface area (Å²) in [6.45, 7) is 2.11. The lowest BCUT2D eigenvalue weighted by Gasteiger charge is -2.18. The zero-order valence-corrected chi connectivity index (χ0v) is 8.45. The van der Waals surface area contributed by atoms with Crippen LogP contribution in [0.25, 0.3) is 0 Å². The molecule has 0 bridgehead atoms. The van der Waals surface area contributed by atoms with Crippen molar-refractivity contribution < 1.29 is 14.3 Å². The number of aromatic nitrogens is 1. The van der Waals surface area contributed by atoms with Gasteiger partial charge in [0, 0.05) is 25.3 Å². The number of hydrogen-bond donors (Lipinski definition) is 1.